The summed E-state index contributed by atoms with van der Waals surface area (Å²) in [6.07, 6.45) is 2.90. The zero-order valence-electron chi connectivity index (χ0n) is 11.7. The van der Waals surface area contributed by atoms with Crippen LogP contribution in [-0.2, 0) is 9.47 Å². The molecule has 0 aliphatic carbocycles. The first-order chi connectivity index (χ1) is 8.08. The highest BCUT2D eigenvalue weighted by molar-refractivity contribution is 4.94. The van der Waals surface area contributed by atoms with Crippen LogP contribution in [0.15, 0.2) is 12.0 Å². The van der Waals surface area contributed by atoms with E-state index in [1.807, 2.05) is 0 Å². The zero-order valence-corrected chi connectivity index (χ0v) is 11.7. The molecule has 0 saturated carbocycles. The molecule has 1 saturated heterocycles. The van der Waals surface area contributed by atoms with Crippen molar-refractivity contribution < 1.29 is 9.47 Å². The number of morpholine rings is 1. The smallest absolute Gasteiger partial charge is 0.144 e. The summed E-state index contributed by atoms with van der Waals surface area (Å²) in [4.78, 5) is 2.42. The first-order valence-corrected chi connectivity index (χ1v) is 6.73. The molecule has 0 aromatic heterocycles. The highest BCUT2D eigenvalue weighted by Gasteiger charge is 2.16. The molecule has 100 valence electrons. The third-order valence-electron chi connectivity index (χ3n) is 2.73. The number of hydrogen-bond donors (Lipinski definition) is 0. The van der Waals surface area contributed by atoms with Gasteiger partial charge in [0.15, 0.2) is 0 Å². The van der Waals surface area contributed by atoms with E-state index < -0.39 is 0 Å². The first-order valence-electron chi connectivity index (χ1n) is 6.73. The second kappa shape index (κ2) is 7.59. The molecule has 17 heavy (non-hydrogen) atoms. The van der Waals surface area contributed by atoms with Gasteiger partial charge in [-0.05, 0) is 18.3 Å². The van der Waals surface area contributed by atoms with Gasteiger partial charge in [0.25, 0.3) is 0 Å². The zero-order chi connectivity index (χ0) is 12.7. The Balaban J connectivity index is 2.25. The Kier molecular flexibility index (Phi) is 6.41. The molecule has 3 nitrogen and oxygen atoms in total. The fraction of sp³-hybridized carbons (Fsp3) is 0.857. The molecule has 1 fully saturated rings. The summed E-state index contributed by atoms with van der Waals surface area (Å²) in [5, 5.41) is 0. The molecule has 3 heteroatoms. The predicted octanol–water partition coefficient (Wildman–Crippen LogP) is 2.88. The van der Waals surface area contributed by atoms with E-state index in [1.165, 1.54) is 0 Å². The SMILES string of the molecule is CC(C)CCO/C=C1/CN(CC(C)C)CCO1. The molecule has 0 N–H and O–H groups in total. The van der Waals surface area contributed by atoms with Crippen LogP contribution in [0.3, 0.4) is 0 Å². The molecular weight excluding hydrogens is 214 g/mol. The van der Waals surface area contributed by atoms with Gasteiger partial charge in [-0.1, -0.05) is 27.7 Å². The molecule has 0 atom stereocenters. The molecule has 0 amide bonds. The molecule has 0 spiro atoms. The van der Waals surface area contributed by atoms with Gasteiger partial charge in [0.2, 0.25) is 0 Å². The summed E-state index contributed by atoms with van der Waals surface area (Å²) in [6.45, 7) is 13.5. The summed E-state index contributed by atoms with van der Waals surface area (Å²) in [5.74, 6) is 2.37. The number of ether oxygens (including phenoxy) is 2. The van der Waals surface area contributed by atoms with E-state index in [0.29, 0.717) is 11.8 Å². The van der Waals surface area contributed by atoms with E-state index in [1.54, 1.807) is 6.26 Å². The van der Waals surface area contributed by atoms with Crippen LogP contribution in [0.4, 0.5) is 0 Å². The molecule has 0 radical (unpaired) electrons. The Bertz CT molecular complexity index is 236. The molecule has 1 heterocycles. The van der Waals surface area contributed by atoms with Crippen molar-refractivity contribution in [2.45, 2.75) is 34.1 Å². The summed E-state index contributed by atoms with van der Waals surface area (Å²) in [5.41, 5.74) is 0. The third kappa shape index (κ3) is 6.57. The minimum Gasteiger partial charge on any atom is -0.498 e. The van der Waals surface area contributed by atoms with Crippen molar-refractivity contribution in [2.75, 3.05) is 32.8 Å². The largest absolute Gasteiger partial charge is 0.498 e. The highest BCUT2D eigenvalue weighted by atomic mass is 16.5. The fourth-order valence-corrected chi connectivity index (χ4v) is 1.85. The molecular formula is C14H27NO2. The van der Waals surface area contributed by atoms with Crippen LogP contribution in [0.2, 0.25) is 0 Å². The lowest BCUT2D eigenvalue weighted by Crippen LogP contribution is -2.37. The molecule has 1 aliphatic rings. The second-order valence-electron chi connectivity index (χ2n) is 5.61. The summed E-state index contributed by atoms with van der Waals surface area (Å²) in [6, 6.07) is 0. The minimum absolute atomic E-state index is 0.693. The highest BCUT2D eigenvalue weighted by Crippen LogP contribution is 2.11. The Labute approximate surface area is 106 Å². The van der Waals surface area contributed by atoms with E-state index >= 15 is 0 Å². The molecule has 0 aromatic carbocycles. The minimum atomic E-state index is 0.693. The van der Waals surface area contributed by atoms with Crippen molar-refractivity contribution in [2.24, 2.45) is 11.8 Å². The van der Waals surface area contributed by atoms with Crippen LogP contribution in [-0.4, -0.2) is 37.7 Å². The maximum absolute atomic E-state index is 5.59. The average molecular weight is 241 g/mol. The van der Waals surface area contributed by atoms with E-state index in [4.69, 9.17) is 9.47 Å². The van der Waals surface area contributed by atoms with Crippen LogP contribution in [0, 0.1) is 11.8 Å². The fourth-order valence-electron chi connectivity index (χ4n) is 1.85. The lowest BCUT2D eigenvalue weighted by molar-refractivity contribution is 0.0749. The number of nitrogens with zero attached hydrogens (tertiary/aromatic N) is 1. The predicted molar refractivity (Wildman–Crippen MR) is 70.7 cm³/mol. The van der Waals surface area contributed by atoms with Gasteiger partial charge in [0.1, 0.15) is 18.6 Å². The van der Waals surface area contributed by atoms with Crippen LogP contribution < -0.4 is 0 Å². The van der Waals surface area contributed by atoms with E-state index in [-0.39, 0.29) is 0 Å². The van der Waals surface area contributed by atoms with Crippen molar-refractivity contribution in [1.29, 1.82) is 0 Å². The van der Waals surface area contributed by atoms with Gasteiger partial charge >= 0.3 is 0 Å². The quantitative estimate of drug-likeness (QED) is 0.527. The second-order valence-corrected chi connectivity index (χ2v) is 5.61. The molecule has 1 rings (SSSR count). The Morgan fingerprint density at radius 1 is 1.29 bits per heavy atom. The van der Waals surface area contributed by atoms with Crippen molar-refractivity contribution in [3.05, 3.63) is 12.0 Å². The summed E-state index contributed by atoms with van der Waals surface area (Å²) in [7, 11) is 0. The van der Waals surface area contributed by atoms with Crippen molar-refractivity contribution in [3.63, 3.8) is 0 Å². The van der Waals surface area contributed by atoms with Crippen LogP contribution in [0.5, 0.6) is 0 Å². The molecule has 0 aromatic rings. The average Bonchev–Trinajstić information content (AvgIpc) is 2.24. The monoisotopic (exact) mass is 241 g/mol. The van der Waals surface area contributed by atoms with Gasteiger partial charge in [-0.15, -0.1) is 0 Å². The van der Waals surface area contributed by atoms with Crippen LogP contribution in [0.25, 0.3) is 0 Å². The summed E-state index contributed by atoms with van der Waals surface area (Å²) < 4.78 is 11.1. The van der Waals surface area contributed by atoms with Crippen LogP contribution >= 0.6 is 0 Å². The molecule has 1 aliphatic heterocycles. The van der Waals surface area contributed by atoms with Crippen LogP contribution in [0.1, 0.15) is 34.1 Å². The number of rotatable bonds is 6. The standard InChI is InChI=1S/C14H27NO2/c1-12(2)5-7-16-11-14-10-15(6-8-17-14)9-13(3)4/h11-13H,5-10H2,1-4H3/b14-11-. The Morgan fingerprint density at radius 3 is 2.71 bits per heavy atom. The normalized spacial score (nSPS) is 20.0. The van der Waals surface area contributed by atoms with Gasteiger partial charge < -0.3 is 9.47 Å². The number of hydrogen-bond acceptors (Lipinski definition) is 3. The molecule has 0 unspecified atom stereocenters. The van der Waals surface area contributed by atoms with Crippen molar-refractivity contribution in [3.8, 4) is 0 Å². The van der Waals surface area contributed by atoms with E-state index in [2.05, 4.69) is 32.6 Å². The first kappa shape index (κ1) is 14.4. The maximum atomic E-state index is 5.59. The maximum Gasteiger partial charge on any atom is 0.144 e. The lowest BCUT2D eigenvalue weighted by atomic mass is 10.1. The van der Waals surface area contributed by atoms with Gasteiger partial charge in [0, 0.05) is 13.1 Å². The van der Waals surface area contributed by atoms with Gasteiger partial charge in [-0.2, -0.15) is 0 Å². The third-order valence-corrected chi connectivity index (χ3v) is 2.73. The molecule has 0 bridgehead atoms. The van der Waals surface area contributed by atoms with Gasteiger partial charge in [0.05, 0.1) is 13.2 Å². The Hall–Kier alpha value is -0.700. The van der Waals surface area contributed by atoms with E-state index in [9.17, 15) is 0 Å². The lowest BCUT2D eigenvalue weighted by Gasteiger charge is -2.29. The van der Waals surface area contributed by atoms with Crippen molar-refractivity contribution >= 4 is 0 Å². The summed E-state index contributed by atoms with van der Waals surface area (Å²) >= 11 is 0. The van der Waals surface area contributed by atoms with E-state index in [0.717, 1.165) is 45.0 Å². The van der Waals surface area contributed by atoms with Crippen molar-refractivity contribution in [1.82, 2.24) is 4.90 Å². The van der Waals surface area contributed by atoms with Gasteiger partial charge in [-0.3, -0.25) is 4.90 Å². The van der Waals surface area contributed by atoms with Gasteiger partial charge in [-0.25, -0.2) is 0 Å². The Morgan fingerprint density at radius 2 is 2.06 bits per heavy atom. The topological polar surface area (TPSA) is 21.7 Å².